The van der Waals surface area contributed by atoms with Crippen LogP contribution >= 0.6 is 0 Å². The third-order valence-electron chi connectivity index (χ3n) is 2.07. The lowest BCUT2D eigenvalue weighted by Crippen LogP contribution is -2.14. The zero-order valence-corrected chi connectivity index (χ0v) is 10.3. The molecule has 20 heavy (non-hydrogen) atoms. The summed E-state index contributed by atoms with van der Waals surface area (Å²) in [5.41, 5.74) is 0. The Morgan fingerprint density at radius 2 is 1.80 bits per heavy atom. The van der Waals surface area contributed by atoms with Gasteiger partial charge in [0, 0.05) is 19.5 Å². The van der Waals surface area contributed by atoms with E-state index in [1.165, 1.54) is 7.05 Å². The van der Waals surface area contributed by atoms with E-state index >= 15 is 0 Å². The van der Waals surface area contributed by atoms with Gasteiger partial charge in [0.15, 0.2) is 0 Å². The fourth-order valence-corrected chi connectivity index (χ4v) is 1.20. The molecule has 0 bridgehead atoms. The molecule has 1 N–H and O–H groups in total. The quantitative estimate of drug-likeness (QED) is 0.670. The molecule has 0 fully saturated rings. The van der Waals surface area contributed by atoms with Gasteiger partial charge < -0.3 is 10.1 Å². The molecule has 1 aromatic heterocycles. The summed E-state index contributed by atoms with van der Waals surface area (Å²) in [7, 11) is 1.34. The molecular weight excluding hydrogens is 292 g/mol. The minimum absolute atomic E-state index is 0.141. The number of aromatic nitrogens is 2. The molecule has 0 aliphatic carbocycles. The van der Waals surface area contributed by atoms with Crippen molar-refractivity contribution in [1.82, 2.24) is 9.97 Å². The highest BCUT2D eigenvalue weighted by molar-refractivity contribution is 5.38. The Bertz CT molecular complexity index is 446. The number of rotatable bonds is 5. The molecule has 0 atom stereocenters. The molecule has 0 amide bonds. The van der Waals surface area contributed by atoms with Crippen LogP contribution in [0.25, 0.3) is 0 Å². The van der Waals surface area contributed by atoms with Crippen molar-refractivity contribution in [3.8, 4) is 5.88 Å². The predicted octanol–water partition coefficient (Wildman–Crippen LogP) is 3.26. The molecule has 0 spiro atoms. The van der Waals surface area contributed by atoms with Gasteiger partial charge in [-0.2, -0.15) is 31.3 Å². The second-order valence-corrected chi connectivity index (χ2v) is 3.73. The molecule has 0 aromatic carbocycles. The van der Waals surface area contributed by atoms with Crippen molar-refractivity contribution in [2.75, 3.05) is 19.0 Å². The monoisotopic (exact) mass is 303 g/mol. The first-order chi connectivity index (χ1) is 9.12. The number of ether oxygens (including phenoxy) is 1. The Balaban J connectivity index is 2.70. The van der Waals surface area contributed by atoms with Gasteiger partial charge in [0.05, 0.1) is 6.61 Å². The van der Waals surface area contributed by atoms with Crippen LogP contribution in [0.5, 0.6) is 5.88 Å². The molecule has 0 radical (unpaired) electrons. The van der Waals surface area contributed by atoms with Crippen LogP contribution in [0, 0.1) is 0 Å². The van der Waals surface area contributed by atoms with E-state index in [0.717, 1.165) is 6.07 Å². The largest absolute Gasteiger partial charge is 0.478 e. The molecule has 4 nitrogen and oxygen atoms in total. The van der Waals surface area contributed by atoms with Crippen LogP contribution in [0.3, 0.4) is 0 Å². The minimum Gasteiger partial charge on any atom is -0.478 e. The van der Waals surface area contributed by atoms with E-state index in [1.54, 1.807) is 0 Å². The second-order valence-electron chi connectivity index (χ2n) is 3.73. The highest BCUT2D eigenvalue weighted by Gasteiger charge is 2.35. The Morgan fingerprint density at radius 3 is 2.30 bits per heavy atom. The van der Waals surface area contributed by atoms with Crippen LogP contribution in [0.2, 0.25) is 0 Å². The molecule has 0 aliphatic heterocycles. The maximum absolute atomic E-state index is 12.5. The lowest BCUT2D eigenvalue weighted by molar-refractivity contribution is -0.145. The highest BCUT2D eigenvalue weighted by Crippen LogP contribution is 2.29. The molecule has 0 saturated carbocycles. The van der Waals surface area contributed by atoms with Gasteiger partial charge in [-0.1, -0.05) is 0 Å². The van der Waals surface area contributed by atoms with Crippen LogP contribution in [0.15, 0.2) is 6.07 Å². The first-order valence-corrected chi connectivity index (χ1v) is 5.45. The van der Waals surface area contributed by atoms with Gasteiger partial charge in [-0.05, 0) is 6.42 Å². The standard InChI is InChI=1S/C10H11F6N3O/c1-17-6-5-7(19-8(18-6)10(14,15)16)20-4-2-3-9(11,12)13/h5H,2-4H2,1H3,(H,17,18,19). The summed E-state index contributed by atoms with van der Waals surface area (Å²) in [6.07, 6.45) is -10.5. The van der Waals surface area contributed by atoms with E-state index in [4.69, 9.17) is 4.74 Å². The van der Waals surface area contributed by atoms with Crippen molar-refractivity contribution in [1.29, 1.82) is 0 Å². The van der Waals surface area contributed by atoms with E-state index in [1.807, 2.05) is 0 Å². The Kier molecular flexibility index (Phi) is 5.01. The van der Waals surface area contributed by atoms with Gasteiger partial charge in [-0.25, -0.2) is 4.98 Å². The van der Waals surface area contributed by atoms with Gasteiger partial charge in [0.25, 0.3) is 0 Å². The first-order valence-electron chi connectivity index (χ1n) is 5.45. The number of nitrogens with one attached hydrogen (secondary N) is 1. The fraction of sp³-hybridized carbons (Fsp3) is 0.600. The van der Waals surface area contributed by atoms with E-state index in [2.05, 4.69) is 15.3 Å². The summed E-state index contributed by atoms with van der Waals surface area (Å²) in [6, 6.07) is 1.07. The smallest absolute Gasteiger partial charge is 0.451 e. The van der Waals surface area contributed by atoms with Crippen LogP contribution in [-0.2, 0) is 6.18 Å². The van der Waals surface area contributed by atoms with E-state index in [0.29, 0.717) is 0 Å². The van der Waals surface area contributed by atoms with E-state index < -0.39 is 37.1 Å². The Labute approximate surface area is 110 Å². The van der Waals surface area contributed by atoms with Gasteiger partial charge in [0.2, 0.25) is 11.7 Å². The molecule has 114 valence electrons. The molecule has 1 heterocycles. The highest BCUT2D eigenvalue weighted by atomic mass is 19.4. The fourth-order valence-electron chi connectivity index (χ4n) is 1.20. The molecule has 1 rings (SSSR count). The minimum atomic E-state index is -4.77. The van der Waals surface area contributed by atoms with Crippen molar-refractivity contribution < 1.29 is 31.1 Å². The molecule has 0 unspecified atom stereocenters. The average Bonchev–Trinajstić information content (AvgIpc) is 2.32. The van der Waals surface area contributed by atoms with Gasteiger partial charge in [0.1, 0.15) is 5.82 Å². The number of hydrogen-bond acceptors (Lipinski definition) is 4. The van der Waals surface area contributed by atoms with Gasteiger partial charge in [-0.15, -0.1) is 0 Å². The van der Waals surface area contributed by atoms with Crippen LogP contribution in [-0.4, -0.2) is 29.8 Å². The van der Waals surface area contributed by atoms with E-state index in [9.17, 15) is 26.3 Å². The second kappa shape index (κ2) is 6.14. The summed E-state index contributed by atoms with van der Waals surface area (Å²) in [4.78, 5) is 6.29. The van der Waals surface area contributed by atoms with Gasteiger partial charge in [-0.3, -0.25) is 0 Å². The molecule has 1 aromatic rings. The zero-order valence-electron chi connectivity index (χ0n) is 10.3. The van der Waals surface area contributed by atoms with Crippen LogP contribution in [0.1, 0.15) is 18.7 Å². The average molecular weight is 303 g/mol. The maximum Gasteiger partial charge on any atom is 0.451 e. The summed E-state index contributed by atoms with van der Waals surface area (Å²) in [5.74, 6) is -1.99. The van der Waals surface area contributed by atoms with E-state index in [-0.39, 0.29) is 12.2 Å². The third kappa shape index (κ3) is 5.49. The van der Waals surface area contributed by atoms with Crippen molar-refractivity contribution >= 4 is 5.82 Å². The normalized spacial score (nSPS) is 12.3. The van der Waals surface area contributed by atoms with Crippen molar-refractivity contribution in [3.05, 3.63) is 11.9 Å². The summed E-state index contributed by atoms with van der Waals surface area (Å²) in [5, 5.41) is 2.38. The van der Waals surface area contributed by atoms with Gasteiger partial charge >= 0.3 is 12.4 Å². The van der Waals surface area contributed by atoms with Crippen LogP contribution < -0.4 is 10.1 Å². The number of alkyl halides is 6. The number of hydrogen-bond donors (Lipinski definition) is 1. The summed E-state index contributed by atoms with van der Waals surface area (Å²) >= 11 is 0. The lowest BCUT2D eigenvalue weighted by atomic mass is 10.3. The number of nitrogens with zero attached hydrogens (tertiary/aromatic N) is 2. The SMILES string of the molecule is CNc1cc(OCCCC(F)(F)F)nc(C(F)(F)F)n1. The molecular formula is C10H11F6N3O. The van der Waals surface area contributed by atoms with Crippen molar-refractivity contribution in [3.63, 3.8) is 0 Å². The number of halogens is 6. The molecule has 10 heteroatoms. The van der Waals surface area contributed by atoms with Crippen molar-refractivity contribution in [2.45, 2.75) is 25.2 Å². The topological polar surface area (TPSA) is 47.0 Å². The first kappa shape index (κ1) is 16.3. The summed E-state index contributed by atoms with van der Waals surface area (Å²) in [6.45, 7) is -0.392. The van der Waals surface area contributed by atoms with Crippen molar-refractivity contribution in [2.24, 2.45) is 0 Å². The van der Waals surface area contributed by atoms with Crippen LogP contribution in [0.4, 0.5) is 32.2 Å². The summed E-state index contributed by atoms with van der Waals surface area (Å²) < 4.78 is 77.8. The third-order valence-corrected chi connectivity index (χ3v) is 2.07. The predicted molar refractivity (Wildman–Crippen MR) is 57.4 cm³/mol. The molecule has 0 aliphatic rings. The lowest BCUT2D eigenvalue weighted by Gasteiger charge is -2.11. The Hall–Kier alpha value is -1.74. The Morgan fingerprint density at radius 1 is 1.15 bits per heavy atom. The molecule has 0 saturated heterocycles. The number of anilines is 1. The maximum atomic E-state index is 12.5. The zero-order chi connectivity index (χ0) is 15.4.